The van der Waals surface area contributed by atoms with E-state index in [0.717, 1.165) is 5.56 Å². The molecule has 0 radical (unpaired) electrons. The molecule has 1 aromatic carbocycles. The number of hydrogen-bond donors (Lipinski definition) is 0. The van der Waals surface area contributed by atoms with Crippen LogP contribution in [-0.4, -0.2) is 57.8 Å². The summed E-state index contributed by atoms with van der Waals surface area (Å²) in [6.45, 7) is 3.79. The molecule has 1 aromatic heterocycles. The maximum absolute atomic E-state index is 13.0. The summed E-state index contributed by atoms with van der Waals surface area (Å²) >= 11 is 0. The fourth-order valence-electron chi connectivity index (χ4n) is 3.31. The van der Waals surface area contributed by atoms with Crippen LogP contribution >= 0.6 is 0 Å². The van der Waals surface area contributed by atoms with Gasteiger partial charge in [-0.3, -0.25) is 14.4 Å². The average Bonchev–Trinajstić information content (AvgIpc) is 3.19. The van der Waals surface area contributed by atoms with Crippen LogP contribution in [-0.2, 0) is 51.3 Å². The number of hydrogen-bond acceptors (Lipinski definition) is 10. The summed E-state index contributed by atoms with van der Waals surface area (Å²) in [4.78, 5) is 34.9. The second kappa shape index (κ2) is 11.0. The van der Waals surface area contributed by atoms with Crippen molar-refractivity contribution in [3.63, 3.8) is 0 Å². The topological polar surface area (TPSA) is 128 Å². The van der Waals surface area contributed by atoms with E-state index in [9.17, 15) is 18.8 Å². The molecule has 1 saturated heterocycles. The van der Waals surface area contributed by atoms with Crippen molar-refractivity contribution in [3.8, 4) is 0 Å². The highest BCUT2D eigenvalue weighted by atomic mass is 19.1. The summed E-state index contributed by atoms with van der Waals surface area (Å²) in [5, 5.41) is 8.02. The van der Waals surface area contributed by atoms with Crippen molar-refractivity contribution in [2.24, 2.45) is 0 Å². The third-order valence-electron chi connectivity index (χ3n) is 4.57. The molecule has 2 aromatic rings. The summed E-state index contributed by atoms with van der Waals surface area (Å²) < 4.78 is 41.5. The Kier molecular flexibility index (Phi) is 8.06. The molecular formula is C21H24FN3O8. The third kappa shape index (κ3) is 6.80. The Labute approximate surface area is 188 Å². The molecule has 4 unspecified atom stereocenters. The minimum absolute atomic E-state index is 0.103. The third-order valence-corrected chi connectivity index (χ3v) is 4.57. The van der Waals surface area contributed by atoms with E-state index in [-0.39, 0.29) is 25.6 Å². The molecule has 12 heteroatoms. The number of carbonyl (C=O) groups is 3. The lowest BCUT2D eigenvalue weighted by Crippen LogP contribution is -2.55. The molecule has 0 spiro atoms. The summed E-state index contributed by atoms with van der Waals surface area (Å²) in [5.74, 6) is -2.25. The summed E-state index contributed by atoms with van der Waals surface area (Å²) in [6, 6.07) is 5.90. The van der Waals surface area contributed by atoms with Crippen molar-refractivity contribution >= 4 is 17.9 Å². The van der Waals surface area contributed by atoms with E-state index in [1.807, 2.05) is 0 Å². The van der Waals surface area contributed by atoms with E-state index in [1.54, 1.807) is 12.1 Å². The lowest BCUT2D eigenvalue weighted by Gasteiger charge is -2.40. The smallest absolute Gasteiger partial charge is 0.303 e. The van der Waals surface area contributed by atoms with Gasteiger partial charge in [0.25, 0.3) is 0 Å². The predicted molar refractivity (Wildman–Crippen MR) is 107 cm³/mol. The van der Waals surface area contributed by atoms with Crippen molar-refractivity contribution in [1.29, 1.82) is 0 Å². The molecule has 0 saturated carbocycles. The molecule has 1 aliphatic heterocycles. The zero-order chi connectivity index (χ0) is 24.0. The number of ether oxygens (including phenoxy) is 5. The highest BCUT2D eigenvalue weighted by Gasteiger charge is 2.48. The van der Waals surface area contributed by atoms with Gasteiger partial charge < -0.3 is 23.7 Å². The van der Waals surface area contributed by atoms with Crippen LogP contribution in [0.3, 0.4) is 0 Å². The average molecular weight is 465 g/mol. The van der Waals surface area contributed by atoms with Crippen LogP contribution in [0.4, 0.5) is 4.39 Å². The van der Waals surface area contributed by atoms with E-state index in [4.69, 9.17) is 23.7 Å². The zero-order valence-electron chi connectivity index (χ0n) is 18.3. The summed E-state index contributed by atoms with van der Waals surface area (Å²) in [7, 11) is 0. The lowest BCUT2D eigenvalue weighted by atomic mass is 10.0. The Hall–Kier alpha value is -3.38. The highest BCUT2D eigenvalue weighted by Crippen LogP contribution is 2.30. The van der Waals surface area contributed by atoms with Crippen LogP contribution in [0, 0.1) is 5.82 Å². The van der Waals surface area contributed by atoms with Gasteiger partial charge in [0.2, 0.25) is 0 Å². The minimum atomic E-state index is -1.15. The summed E-state index contributed by atoms with van der Waals surface area (Å²) in [5.41, 5.74) is 1.24. The fourth-order valence-corrected chi connectivity index (χ4v) is 3.31. The number of benzene rings is 1. The molecule has 178 valence electrons. The van der Waals surface area contributed by atoms with Crippen LogP contribution in [0.5, 0.6) is 0 Å². The van der Waals surface area contributed by atoms with Gasteiger partial charge in [0.05, 0.1) is 26.0 Å². The molecular weight excluding hydrogens is 441 g/mol. The quantitative estimate of drug-likeness (QED) is 0.417. The monoisotopic (exact) mass is 465 g/mol. The molecule has 3 rings (SSSR count). The molecule has 0 bridgehead atoms. The van der Waals surface area contributed by atoms with Crippen molar-refractivity contribution < 1.29 is 42.5 Å². The largest absolute Gasteiger partial charge is 0.456 e. The molecule has 11 nitrogen and oxygen atoms in total. The van der Waals surface area contributed by atoms with Gasteiger partial charge in [0, 0.05) is 20.8 Å². The van der Waals surface area contributed by atoms with Crippen molar-refractivity contribution in [2.75, 3.05) is 6.61 Å². The summed E-state index contributed by atoms with van der Waals surface area (Å²) in [6.07, 6.45) is -2.71. The zero-order valence-corrected chi connectivity index (χ0v) is 18.3. The second-order valence-corrected chi connectivity index (χ2v) is 7.33. The lowest BCUT2D eigenvalue weighted by molar-refractivity contribution is -0.241. The van der Waals surface area contributed by atoms with E-state index >= 15 is 0 Å². The molecule has 1 fully saturated rings. The maximum Gasteiger partial charge on any atom is 0.303 e. The SMILES string of the molecule is CC(=O)OC1COC(n2cc(COCc3ccc(F)cc3)nn2)C(OC(C)=O)C1OC(C)=O. The first kappa shape index (κ1) is 24.3. The van der Waals surface area contributed by atoms with Gasteiger partial charge in [0.15, 0.2) is 24.5 Å². The van der Waals surface area contributed by atoms with E-state index in [1.165, 1.54) is 43.8 Å². The van der Waals surface area contributed by atoms with E-state index in [2.05, 4.69) is 10.3 Å². The predicted octanol–water partition coefficient (Wildman–Crippen LogP) is 1.46. The molecule has 0 aliphatic carbocycles. The van der Waals surface area contributed by atoms with Crippen molar-refractivity contribution in [3.05, 3.63) is 47.5 Å². The van der Waals surface area contributed by atoms with Crippen molar-refractivity contribution in [2.45, 2.75) is 58.5 Å². The van der Waals surface area contributed by atoms with Crippen molar-refractivity contribution in [1.82, 2.24) is 15.0 Å². The van der Waals surface area contributed by atoms with Gasteiger partial charge >= 0.3 is 17.9 Å². The molecule has 33 heavy (non-hydrogen) atoms. The van der Waals surface area contributed by atoms with Gasteiger partial charge in [-0.2, -0.15) is 0 Å². The number of aromatic nitrogens is 3. The molecule has 1 aliphatic rings. The van der Waals surface area contributed by atoms with Crippen LogP contribution in [0.1, 0.15) is 38.3 Å². The molecule has 0 amide bonds. The number of carbonyl (C=O) groups excluding carboxylic acids is 3. The Morgan fingerprint density at radius 3 is 2.27 bits per heavy atom. The normalized spacial score (nSPS) is 22.4. The van der Waals surface area contributed by atoms with Crippen LogP contribution in [0.15, 0.2) is 30.5 Å². The minimum Gasteiger partial charge on any atom is -0.456 e. The van der Waals surface area contributed by atoms with E-state index in [0.29, 0.717) is 5.69 Å². The van der Waals surface area contributed by atoms with E-state index < -0.39 is 42.4 Å². The Morgan fingerprint density at radius 2 is 1.64 bits per heavy atom. The van der Waals surface area contributed by atoms with Crippen LogP contribution in [0.2, 0.25) is 0 Å². The number of halogens is 1. The first-order valence-corrected chi connectivity index (χ1v) is 10.1. The van der Waals surface area contributed by atoms with Gasteiger partial charge in [-0.15, -0.1) is 5.10 Å². The standard InChI is InChI=1S/C21H24FN3O8/c1-12(26)31-18-11-30-21(20(33-14(3)28)19(18)32-13(2)27)25-8-17(23-24-25)10-29-9-15-4-6-16(22)7-5-15/h4-8,18-21H,9-11H2,1-3H3. The molecule has 2 heterocycles. The second-order valence-electron chi connectivity index (χ2n) is 7.33. The number of rotatable bonds is 8. The van der Waals surface area contributed by atoms with Crippen LogP contribution < -0.4 is 0 Å². The van der Waals surface area contributed by atoms with Gasteiger partial charge in [-0.25, -0.2) is 9.07 Å². The number of nitrogens with zero attached hydrogens (tertiary/aromatic N) is 3. The number of esters is 3. The Balaban J connectivity index is 1.72. The van der Waals surface area contributed by atoms with Gasteiger partial charge in [-0.05, 0) is 17.7 Å². The maximum atomic E-state index is 13.0. The molecule has 0 N–H and O–H groups in total. The van der Waals surface area contributed by atoms with Crippen LogP contribution in [0.25, 0.3) is 0 Å². The Morgan fingerprint density at radius 1 is 1.00 bits per heavy atom. The Bertz CT molecular complexity index is 980. The molecule has 4 atom stereocenters. The fraction of sp³-hybridized carbons (Fsp3) is 0.476. The van der Waals surface area contributed by atoms with Gasteiger partial charge in [-0.1, -0.05) is 17.3 Å². The highest BCUT2D eigenvalue weighted by molar-refractivity contribution is 5.68. The first-order valence-electron chi connectivity index (χ1n) is 10.1. The first-order chi connectivity index (χ1) is 15.7. The van der Waals surface area contributed by atoms with Gasteiger partial charge in [0.1, 0.15) is 11.5 Å².